The van der Waals surface area contributed by atoms with Crippen molar-refractivity contribution in [3.63, 3.8) is 0 Å². The van der Waals surface area contributed by atoms with Gasteiger partial charge in [-0.1, -0.05) is 49.3 Å². The molecule has 0 aromatic carbocycles. The third-order valence-electron chi connectivity index (χ3n) is 1.36. The molecule has 0 spiro atoms. The van der Waals surface area contributed by atoms with Crippen LogP contribution >= 0.6 is 22.6 Å². The van der Waals surface area contributed by atoms with Gasteiger partial charge in [-0.15, -0.1) is 0 Å². The van der Waals surface area contributed by atoms with Crippen LogP contribution in [-0.4, -0.2) is 0 Å². The highest BCUT2D eigenvalue weighted by atomic mass is 127. The number of halogens is 1. The zero-order valence-corrected chi connectivity index (χ0v) is 7.81. The minimum atomic E-state index is 0.862. The van der Waals surface area contributed by atoms with Gasteiger partial charge in [-0.2, -0.15) is 0 Å². The maximum absolute atomic E-state index is 2.35. The summed E-state index contributed by atoms with van der Waals surface area (Å²) in [5.41, 5.74) is 0. The Kier molecular flexibility index (Phi) is 6.39. The minimum Gasteiger partial charge on any atom is -0.0812 e. The summed E-state index contributed by atoms with van der Waals surface area (Å²) in [6, 6.07) is 0. The topological polar surface area (TPSA) is 0 Å². The standard InChI is InChI=1S/C7H14I/c1-3-5-7(4-2)6-8/h6-7H,3-5H2,1-2H3. The fourth-order valence-electron chi connectivity index (χ4n) is 0.727. The van der Waals surface area contributed by atoms with E-state index in [2.05, 4.69) is 40.9 Å². The largest absolute Gasteiger partial charge is 0.0812 e. The van der Waals surface area contributed by atoms with Crippen LogP contribution in [0.15, 0.2) is 0 Å². The van der Waals surface area contributed by atoms with E-state index in [-0.39, 0.29) is 0 Å². The third-order valence-corrected chi connectivity index (χ3v) is 2.38. The second kappa shape index (κ2) is 5.86. The average Bonchev–Trinajstić information content (AvgIpc) is 1.83. The molecule has 0 aromatic heterocycles. The van der Waals surface area contributed by atoms with Gasteiger partial charge in [-0.05, 0) is 12.3 Å². The summed E-state index contributed by atoms with van der Waals surface area (Å²) in [4.78, 5) is 0. The van der Waals surface area contributed by atoms with Gasteiger partial charge in [0.05, 0.1) is 0 Å². The van der Waals surface area contributed by atoms with Gasteiger partial charge in [0.2, 0.25) is 0 Å². The van der Waals surface area contributed by atoms with Crippen LogP contribution < -0.4 is 0 Å². The number of hydrogen-bond acceptors (Lipinski definition) is 0. The van der Waals surface area contributed by atoms with Crippen molar-refractivity contribution in [2.75, 3.05) is 0 Å². The normalized spacial score (nSPS) is 13.9. The van der Waals surface area contributed by atoms with Crippen molar-refractivity contribution in [1.82, 2.24) is 0 Å². The minimum absolute atomic E-state index is 0.862. The fourth-order valence-corrected chi connectivity index (χ4v) is 1.60. The van der Waals surface area contributed by atoms with Crippen LogP contribution in [0.25, 0.3) is 0 Å². The van der Waals surface area contributed by atoms with E-state index >= 15 is 0 Å². The molecule has 0 aromatic rings. The molecule has 0 nitrogen and oxygen atoms in total. The Hall–Kier alpha value is 0.730. The van der Waals surface area contributed by atoms with Crippen molar-refractivity contribution in [2.45, 2.75) is 33.1 Å². The van der Waals surface area contributed by atoms with Crippen LogP contribution in [0.3, 0.4) is 0 Å². The molecule has 0 rings (SSSR count). The highest BCUT2D eigenvalue weighted by molar-refractivity contribution is 14.1. The van der Waals surface area contributed by atoms with Crippen LogP contribution in [0, 0.1) is 10.3 Å². The van der Waals surface area contributed by atoms with Crippen molar-refractivity contribution < 1.29 is 0 Å². The lowest BCUT2D eigenvalue weighted by atomic mass is 10.0. The number of hydrogen-bond donors (Lipinski definition) is 0. The van der Waals surface area contributed by atoms with E-state index < -0.39 is 0 Å². The first-order chi connectivity index (χ1) is 3.85. The predicted octanol–water partition coefficient (Wildman–Crippen LogP) is 3.41. The van der Waals surface area contributed by atoms with Gasteiger partial charge in [-0.25, -0.2) is 0 Å². The molecule has 1 radical (unpaired) electrons. The smallest absolute Gasteiger partial charge is 0.0258 e. The van der Waals surface area contributed by atoms with Crippen LogP contribution in [0.4, 0.5) is 0 Å². The molecular weight excluding hydrogens is 211 g/mol. The molecular formula is C7H14I. The molecule has 8 heavy (non-hydrogen) atoms. The highest BCUT2D eigenvalue weighted by Gasteiger charge is 2.00. The van der Waals surface area contributed by atoms with Gasteiger partial charge in [0, 0.05) is 4.43 Å². The first-order valence-electron chi connectivity index (χ1n) is 3.28. The maximum atomic E-state index is 2.35. The Balaban J connectivity index is 3.07. The summed E-state index contributed by atoms with van der Waals surface area (Å²) >= 11 is 2.35. The molecule has 0 aliphatic rings. The van der Waals surface area contributed by atoms with Gasteiger partial charge in [0.15, 0.2) is 0 Å². The van der Waals surface area contributed by atoms with Crippen LogP contribution in [0.5, 0.6) is 0 Å². The first kappa shape index (κ1) is 8.73. The zero-order chi connectivity index (χ0) is 6.41. The third kappa shape index (κ3) is 3.70. The molecule has 1 heteroatoms. The molecule has 0 heterocycles. The Morgan fingerprint density at radius 2 is 2.12 bits per heavy atom. The lowest BCUT2D eigenvalue weighted by molar-refractivity contribution is 0.556. The maximum Gasteiger partial charge on any atom is 0.0258 e. The van der Waals surface area contributed by atoms with Crippen molar-refractivity contribution in [1.29, 1.82) is 0 Å². The summed E-state index contributed by atoms with van der Waals surface area (Å²) < 4.78 is 2.28. The van der Waals surface area contributed by atoms with E-state index in [0.29, 0.717) is 0 Å². The van der Waals surface area contributed by atoms with Crippen LogP contribution in [-0.2, 0) is 0 Å². The molecule has 0 aliphatic carbocycles. The monoisotopic (exact) mass is 225 g/mol. The molecule has 49 valence electrons. The van der Waals surface area contributed by atoms with Gasteiger partial charge >= 0.3 is 0 Å². The lowest BCUT2D eigenvalue weighted by Crippen LogP contribution is -1.93. The Labute approximate surface area is 66.2 Å². The van der Waals surface area contributed by atoms with E-state index in [9.17, 15) is 0 Å². The predicted molar refractivity (Wildman–Crippen MR) is 47.0 cm³/mol. The number of rotatable bonds is 4. The van der Waals surface area contributed by atoms with E-state index in [1.165, 1.54) is 19.3 Å². The van der Waals surface area contributed by atoms with Crippen molar-refractivity contribution in [2.24, 2.45) is 5.92 Å². The molecule has 0 fully saturated rings. The highest BCUT2D eigenvalue weighted by Crippen LogP contribution is 2.17. The summed E-state index contributed by atoms with van der Waals surface area (Å²) in [7, 11) is 0. The average molecular weight is 225 g/mol. The molecule has 0 amide bonds. The van der Waals surface area contributed by atoms with Gasteiger partial charge in [-0.3, -0.25) is 0 Å². The molecule has 0 saturated carbocycles. The quantitative estimate of drug-likeness (QED) is 0.643. The summed E-state index contributed by atoms with van der Waals surface area (Å²) in [5.74, 6) is 0.862. The molecule has 0 aliphatic heterocycles. The van der Waals surface area contributed by atoms with Gasteiger partial charge in [0.1, 0.15) is 0 Å². The van der Waals surface area contributed by atoms with E-state index in [0.717, 1.165) is 5.92 Å². The zero-order valence-electron chi connectivity index (χ0n) is 5.65. The Morgan fingerprint density at radius 3 is 2.25 bits per heavy atom. The fraction of sp³-hybridized carbons (Fsp3) is 0.857. The van der Waals surface area contributed by atoms with Gasteiger partial charge < -0.3 is 0 Å². The molecule has 0 bridgehead atoms. The Bertz CT molecular complexity index is 39.7. The van der Waals surface area contributed by atoms with Crippen molar-refractivity contribution >= 4 is 22.6 Å². The van der Waals surface area contributed by atoms with E-state index in [4.69, 9.17) is 0 Å². The molecule has 0 saturated heterocycles. The molecule has 0 N–H and O–H groups in total. The molecule has 1 unspecified atom stereocenters. The summed E-state index contributed by atoms with van der Waals surface area (Å²) in [5, 5.41) is 0. The second-order valence-electron chi connectivity index (χ2n) is 2.08. The van der Waals surface area contributed by atoms with Crippen LogP contribution in [0.2, 0.25) is 0 Å². The Morgan fingerprint density at radius 1 is 1.50 bits per heavy atom. The van der Waals surface area contributed by atoms with Crippen LogP contribution in [0.1, 0.15) is 33.1 Å². The SMILES string of the molecule is CCCC([CH]I)CC. The summed E-state index contributed by atoms with van der Waals surface area (Å²) in [6.45, 7) is 4.48. The second-order valence-corrected chi connectivity index (χ2v) is 2.80. The first-order valence-corrected chi connectivity index (χ1v) is 4.53. The van der Waals surface area contributed by atoms with Gasteiger partial charge in [0.25, 0.3) is 0 Å². The van der Waals surface area contributed by atoms with Crippen molar-refractivity contribution in [3.8, 4) is 0 Å². The summed E-state index contributed by atoms with van der Waals surface area (Å²) in [6.07, 6.45) is 3.98. The van der Waals surface area contributed by atoms with E-state index in [1.807, 2.05) is 0 Å². The lowest BCUT2D eigenvalue weighted by Gasteiger charge is -2.06. The molecule has 1 atom stereocenters. The van der Waals surface area contributed by atoms with Crippen molar-refractivity contribution in [3.05, 3.63) is 4.43 Å². The van der Waals surface area contributed by atoms with E-state index in [1.54, 1.807) is 0 Å².